The maximum Gasteiger partial charge on any atom is 0.0434 e. The lowest BCUT2D eigenvalue weighted by Gasteiger charge is -2.18. The zero-order valence-corrected chi connectivity index (χ0v) is 52.6. The summed E-state index contributed by atoms with van der Waals surface area (Å²) in [6.45, 7) is 0. The van der Waals surface area contributed by atoms with Crippen LogP contribution in [0.3, 0.4) is 0 Å². The highest BCUT2D eigenvalue weighted by molar-refractivity contribution is 7.26. The molecule has 2 heterocycles. The van der Waals surface area contributed by atoms with Gasteiger partial charge < -0.3 is 0 Å². The fourth-order valence-electron chi connectivity index (χ4n) is 15.9. The third kappa shape index (κ3) is 8.23. The van der Waals surface area contributed by atoms with E-state index in [9.17, 15) is 0 Å². The van der Waals surface area contributed by atoms with Crippen molar-refractivity contribution in [2.24, 2.45) is 0 Å². The van der Waals surface area contributed by atoms with Gasteiger partial charge >= 0.3 is 0 Å². The van der Waals surface area contributed by atoms with Crippen LogP contribution >= 0.6 is 22.7 Å². The molecule has 0 fully saturated rings. The predicted octanol–water partition coefficient (Wildman–Crippen LogP) is 27.3. The van der Waals surface area contributed by atoms with E-state index in [1.165, 1.54) is 204 Å². The minimum atomic E-state index is 1.20. The monoisotopic (exact) mass is 1220 g/mol. The largest absolute Gasteiger partial charge is 0.135 e. The maximum atomic E-state index is 2.51. The molecule has 94 heavy (non-hydrogen) atoms. The average molecular weight is 1220 g/mol. The van der Waals surface area contributed by atoms with Gasteiger partial charge in [-0.05, 0) is 226 Å². The van der Waals surface area contributed by atoms with Crippen molar-refractivity contribution in [3.05, 3.63) is 328 Å². The molecule has 0 radical (unpaired) electrons. The van der Waals surface area contributed by atoms with Gasteiger partial charge in [-0.3, -0.25) is 0 Å². The van der Waals surface area contributed by atoms with E-state index in [0.29, 0.717) is 0 Å². The van der Waals surface area contributed by atoms with Gasteiger partial charge in [0.15, 0.2) is 0 Å². The Bertz CT molecular complexity index is 6210. The topological polar surface area (TPSA) is 0 Å². The molecule has 20 rings (SSSR count). The van der Waals surface area contributed by atoms with Crippen molar-refractivity contribution in [2.75, 3.05) is 0 Å². The van der Waals surface area contributed by atoms with E-state index in [0.717, 1.165) is 0 Å². The molecule has 0 aliphatic heterocycles. The Balaban J connectivity index is 0.838. The first kappa shape index (κ1) is 53.2. The van der Waals surface area contributed by atoms with Crippen molar-refractivity contribution < 1.29 is 0 Å². The summed E-state index contributed by atoms with van der Waals surface area (Å²) in [5.41, 5.74) is 17.1. The Labute approximate surface area is 550 Å². The Hall–Kier alpha value is -11.5. The highest BCUT2D eigenvalue weighted by atomic mass is 32.1. The van der Waals surface area contributed by atoms with Crippen LogP contribution in [0.15, 0.2) is 328 Å². The van der Waals surface area contributed by atoms with Gasteiger partial charge in [0.1, 0.15) is 0 Å². The van der Waals surface area contributed by atoms with E-state index in [1.54, 1.807) is 0 Å². The summed E-state index contributed by atoms with van der Waals surface area (Å²) in [5.74, 6) is 0. The first-order valence-corrected chi connectivity index (χ1v) is 34.1. The molecule has 434 valence electrons. The van der Waals surface area contributed by atoms with E-state index in [4.69, 9.17) is 0 Å². The molecule has 0 saturated carbocycles. The van der Waals surface area contributed by atoms with Gasteiger partial charge in [-0.2, -0.15) is 0 Å². The van der Waals surface area contributed by atoms with Gasteiger partial charge in [0.2, 0.25) is 0 Å². The predicted molar refractivity (Wildman–Crippen MR) is 410 cm³/mol. The molecular formula is C92H54S2. The highest BCUT2D eigenvalue weighted by Gasteiger charge is 2.24. The Kier molecular flexibility index (Phi) is 11.9. The molecular weight excluding hydrogens is 1170 g/mol. The minimum Gasteiger partial charge on any atom is -0.135 e. The number of hydrogen-bond donors (Lipinski definition) is 0. The molecule has 2 heteroatoms. The SMILES string of the molecule is c1ccc(-c2cc(-c3cc4ccccc4c4ccccc34)cc3c2sc2ccc(-c4cc5ccccc5c5ccccc45)cc23)c(-c2ccccc2-c2cc(-c3cc4ccccc4c4ccccc34)cc3c2sc2ccc(-c4cc5ccccc5c5ccccc45)cc23)c1. The third-order valence-electron chi connectivity index (χ3n) is 20.2. The molecule has 0 atom stereocenters. The van der Waals surface area contributed by atoms with Gasteiger partial charge in [-0.25, -0.2) is 0 Å². The van der Waals surface area contributed by atoms with E-state index in [-0.39, 0.29) is 0 Å². The number of thiophene rings is 2. The van der Waals surface area contributed by atoms with Gasteiger partial charge in [0.05, 0.1) is 0 Å². The smallest absolute Gasteiger partial charge is 0.0434 e. The van der Waals surface area contributed by atoms with Crippen LogP contribution in [-0.2, 0) is 0 Å². The minimum absolute atomic E-state index is 1.20. The summed E-state index contributed by atoms with van der Waals surface area (Å²) >= 11 is 3.83. The van der Waals surface area contributed by atoms with Crippen molar-refractivity contribution in [3.63, 3.8) is 0 Å². The standard InChI is InChI=1S/C92H54S2/c1-5-25-63-55(21-1)45-79(73-35-15-9-29-67(63)73)59-41-43-89-83(49-59)87-53-61(81-47-57-23-3-7-27-65(57)69-31-11-17-37-75(69)81)51-85(91(87)93-89)77-39-19-13-33-71(77)72-34-14-20-40-78(72)86-52-62(82-48-58-24-4-8-28-66(58)70-32-12-18-38-76(70)82)54-88-84-50-60(42-44-90(84)94-92(86)88)80-46-56-22-2-6-26-64(56)68-30-10-16-36-74(68)80/h1-54H. The van der Waals surface area contributed by atoms with Crippen molar-refractivity contribution in [1.29, 1.82) is 0 Å². The highest BCUT2D eigenvalue weighted by Crippen LogP contribution is 2.52. The lowest BCUT2D eigenvalue weighted by atomic mass is 9.85. The summed E-state index contributed by atoms with van der Waals surface area (Å²) in [7, 11) is 0. The zero-order valence-electron chi connectivity index (χ0n) is 51.0. The number of hydrogen-bond acceptors (Lipinski definition) is 2. The van der Waals surface area contributed by atoms with Crippen LogP contribution in [-0.4, -0.2) is 0 Å². The van der Waals surface area contributed by atoms with E-state index in [1.807, 2.05) is 22.7 Å². The summed E-state index contributed by atoms with van der Waals surface area (Å²) in [6, 6.07) is 124. The van der Waals surface area contributed by atoms with Crippen molar-refractivity contribution in [3.8, 4) is 77.9 Å². The van der Waals surface area contributed by atoms with Crippen LogP contribution in [0.25, 0.3) is 204 Å². The van der Waals surface area contributed by atoms with Gasteiger partial charge in [0, 0.05) is 51.5 Å². The van der Waals surface area contributed by atoms with Crippen molar-refractivity contribution >= 4 is 149 Å². The van der Waals surface area contributed by atoms with E-state index in [2.05, 4.69) is 328 Å². The van der Waals surface area contributed by atoms with Crippen LogP contribution in [0.2, 0.25) is 0 Å². The molecule has 0 bridgehead atoms. The fourth-order valence-corrected chi connectivity index (χ4v) is 18.3. The molecule has 0 unspecified atom stereocenters. The summed E-state index contributed by atoms with van der Waals surface area (Å²) in [6.07, 6.45) is 0. The van der Waals surface area contributed by atoms with Crippen LogP contribution < -0.4 is 0 Å². The molecule has 18 aromatic carbocycles. The molecule has 0 amide bonds. The maximum absolute atomic E-state index is 2.51. The van der Waals surface area contributed by atoms with Gasteiger partial charge in [0.25, 0.3) is 0 Å². The van der Waals surface area contributed by atoms with Gasteiger partial charge in [-0.1, -0.05) is 255 Å². The van der Waals surface area contributed by atoms with Crippen LogP contribution in [0.1, 0.15) is 0 Å². The molecule has 0 spiro atoms. The number of rotatable bonds is 7. The lowest BCUT2D eigenvalue weighted by Crippen LogP contribution is -1.92. The third-order valence-corrected chi connectivity index (χ3v) is 22.6. The second kappa shape index (κ2) is 21.0. The summed E-state index contributed by atoms with van der Waals surface area (Å²) in [4.78, 5) is 0. The first-order chi connectivity index (χ1) is 46.6. The molecule has 0 saturated heterocycles. The Morgan fingerprint density at radius 1 is 0.138 bits per heavy atom. The Morgan fingerprint density at radius 3 is 0.702 bits per heavy atom. The average Bonchev–Trinajstić information content (AvgIpc) is 1.53. The molecule has 20 aromatic rings. The van der Waals surface area contributed by atoms with E-state index < -0.39 is 0 Å². The van der Waals surface area contributed by atoms with Gasteiger partial charge in [-0.15, -0.1) is 22.7 Å². The molecule has 2 aromatic heterocycles. The van der Waals surface area contributed by atoms with E-state index >= 15 is 0 Å². The first-order valence-electron chi connectivity index (χ1n) is 32.4. The summed E-state index contributed by atoms with van der Waals surface area (Å²) < 4.78 is 5.10. The quantitative estimate of drug-likeness (QED) is 0.140. The summed E-state index contributed by atoms with van der Waals surface area (Å²) in [5, 5.41) is 25.2. The van der Waals surface area contributed by atoms with Crippen molar-refractivity contribution in [2.45, 2.75) is 0 Å². The van der Waals surface area contributed by atoms with Crippen molar-refractivity contribution in [1.82, 2.24) is 0 Å². The zero-order chi connectivity index (χ0) is 61.5. The van der Waals surface area contributed by atoms with Crippen LogP contribution in [0, 0.1) is 0 Å². The second-order valence-electron chi connectivity index (χ2n) is 25.3. The number of benzene rings is 18. The van der Waals surface area contributed by atoms with Crippen LogP contribution in [0.4, 0.5) is 0 Å². The molecule has 0 N–H and O–H groups in total. The lowest BCUT2D eigenvalue weighted by molar-refractivity contribution is 1.59. The van der Waals surface area contributed by atoms with Crippen LogP contribution in [0.5, 0.6) is 0 Å². The Morgan fingerprint density at radius 2 is 0.383 bits per heavy atom. The number of fused-ring (bicyclic) bond motifs is 18. The molecule has 0 aliphatic rings. The molecule has 0 aliphatic carbocycles. The fraction of sp³-hybridized carbons (Fsp3) is 0. The molecule has 0 nitrogen and oxygen atoms in total. The normalized spacial score (nSPS) is 12.0. The second-order valence-corrected chi connectivity index (χ2v) is 27.4.